The highest BCUT2D eigenvalue weighted by Gasteiger charge is 2.21. The summed E-state index contributed by atoms with van der Waals surface area (Å²) in [4.78, 5) is 1.40. The van der Waals surface area contributed by atoms with Crippen LogP contribution in [-0.4, -0.2) is 5.21 Å². The monoisotopic (exact) mass is 247 g/mol. The maximum atomic E-state index is 8.89. The zero-order chi connectivity index (χ0) is 8.55. The number of halogens is 1. The Hall–Kier alpha value is 0.100. The van der Waals surface area contributed by atoms with Crippen LogP contribution in [0.4, 0.5) is 0 Å². The summed E-state index contributed by atoms with van der Waals surface area (Å²) in [6, 6.07) is 2.25. The van der Waals surface area contributed by atoms with Gasteiger partial charge in [-0.3, -0.25) is 0 Å². The molecule has 1 aliphatic carbocycles. The number of rotatable bonds is 1. The van der Waals surface area contributed by atoms with Crippen LogP contribution in [0.3, 0.4) is 0 Å². The molecule has 1 atom stereocenters. The fourth-order valence-electron chi connectivity index (χ4n) is 1.66. The largest absolute Gasteiger partial charge is 0.316 e. The van der Waals surface area contributed by atoms with Crippen LogP contribution in [-0.2, 0) is 6.42 Å². The molecule has 2 rings (SSSR count). The van der Waals surface area contributed by atoms with Gasteiger partial charge in [-0.1, -0.05) is 0 Å². The number of nitrogens with one attached hydrogen (secondary N) is 1. The molecule has 1 aliphatic rings. The molecule has 1 aromatic heterocycles. The Morgan fingerprint density at radius 3 is 3.25 bits per heavy atom. The summed E-state index contributed by atoms with van der Waals surface area (Å²) in [5.41, 5.74) is 3.62. The lowest BCUT2D eigenvalue weighted by atomic mass is 9.95. The summed E-state index contributed by atoms with van der Waals surface area (Å²) in [5, 5.41) is 8.89. The molecule has 0 spiro atoms. The molecule has 1 unspecified atom stereocenters. The topological polar surface area (TPSA) is 32.3 Å². The van der Waals surface area contributed by atoms with Gasteiger partial charge < -0.3 is 5.21 Å². The SMILES string of the molecule is ONC1CCCc2sc(Br)cc21. The molecule has 0 saturated heterocycles. The molecule has 2 N–H and O–H groups in total. The third-order valence-corrected chi connectivity index (χ3v) is 3.95. The van der Waals surface area contributed by atoms with Gasteiger partial charge in [-0.05, 0) is 46.8 Å². The summed E-state index contributed by atoms with van der Waals surface area (Å²) in [5.74, 6) is 0. The van der Waals surface area contributed by atoms with Gasteiger partial charge in [0.15, 0.2) is 0 Å². The Bertz CT molecular complexity index is 287. The quantitative estimate of drug-likeness (QED) is 0.749. The van der Waals surface area contributed by atoms with Gasteiger partial charge in [0.1, 0.15) is 0 Å². The first kappa shape index (κ1) is 8.69. The van der Waals surface area contributed by atoms with E-state index in [4.69, 9.17) is 5.21 Å². The molecule has 66 valence electrons. The maximum Gasteiger partial charge on any atom is 0.0704 e. The third-order valence-electron chi connectivity index (χ3n) is 2.24. The van der Waals surface area contributed by atoms with Gasteiger partial charge in [0.25, 0.3) is 0 Å². The average molecular weight is 248 g/mol. The Morgan fingerprint density at radius 1 is 1.67 bits per heavy atom. The normalized spacial score (nSPS) is 22.3. The zero-order valence-electron chi connectivity index (χ0n) is 6.51. The molecular formula is C8H10BrNOS. The van der Waals surface area contributed by atoms with Crippen LogP contribution in [0.25, 0.3) is 0 Å². The molecule has 12 heavy (non-hydrogen) atoms. The Balaban J connectivity index is 2.36. The van der Waals surface area contributed by atoms with E-state index in [2.05, 4.69) is 27.5 Å². The van der Waals surface area contributed by atoms with Gasteiger partial charge in [0.2, 0.25) is 0 Å². The third kappa shape index (κ3) is 1.44. The Labute approximate surface area is 83.7 Å². The number of hydrogen-bond donors (Lipinski definition) is 2. The van der Waals surface area contributed by atoms with Gasteiger partial charge >= 0.3 is 0 Å². The van der Waals surface area contributed by atoms with Crippen molar-refractivity contribution in [2.75, 3.05) is 0 Å². The fourth-order valence-corrected chi connectivity index (χ4v) is 3.47. The summed E-state index contributed by atoms with van der Waals surface area (Å²) >= 11 is 5.23. The van der Waals surface area contributed by atoms with Gasteiger partial charge in [-0.25, -0.2) is 0 Å². The van der Waals surface area contributed by atoms with Gasteiger partial charge in [-0.15, -0.1) is 11.3 Å². The van der Waals surface area contributed by atoms with E-state index in [1.54, 1.807) is 11.3 Å². The molecular weight excluding hydrogens is 238 g/mol. The zero-order valence-corrected chi connectivity index (χ0v) is 8.91. The molecule has 1 heterocycles. The summed E-state index contributed by atoms with van der Waals surface area (Å²) in [7, 11) is 0. The standard InChI is InChI=1S/C8H10BrNOS/c9-8-4-5-6(10-11)2-1-3-7(5)12-8/h4,6,10-11H,1-3H2. The van der Waals surface area contributed by atoms with E-state index >= 15 is 0 Å². The number of hydroxylamine groups is 1. The van der Waals surface area contributed by atoms with Crippen LogP contribution in [0.15, 0.2) is 9.85 Å². The van der Waals surface area contributed by atoms with Gasteiger partial charge in [0, 0.05) is 4.88 Å². The molecule has 0 saturated carbocycles. The van der Waals surface area contributed by atoms with E-state index < -0.39 is 0 Å². The van der Waals surface area contributed by atoms with Crippen molar-refractivity contribution in [2.24, 2.45) is 0 Å². The lowest BCUT2D eigenvalue weighted by Gasteiger charge is -2.20. The highest BCUT2D eigenvalue weighted by Crippen LogP contribution is 2.37. The smallest absolute Gasteiger partial charge is 0.0704 e. The van der Waals surface area contributed by atoms with E-state index in [-0.39, 0.29) is 6.04 Å². The minimum Gasteiger partial charge on any atom is -0.316 e. The molecule has 4 heteroatoms. The number of thiophene rings is 1. The summed E-state index contributed by atoms with van der Waals surface area (Å²) in [6.45, 7) is 0. The van der Waals surface area contributed by atoms with Crippen LogP contribution < -0.4 is 5.48 Å². The molecule has 1 aromatic rings. The predicted molar refractivity (Wildman–Crippen MR) is 52.6 cm³/mol. The minimum atomic E-state index is 0.149. The Kier molecular flexibility index (Phi) is 2.50. The van der Waals surface area contributed by atoms with Crippen molar-refractivity contribution in [3.05, 3.63) is 20.3 Å². The second-order valence-corrected chi connectivity index (χ2v) is 5.52. The predicted octanol–water partition coefficient (Wildman–Crippen LogP) is 2.87. The lowest BCUT2D eigenvalue weighted by molar-refractivity contribution is 0.118. The van der Waals surface area contributed by atoms with Crippen LogP contribution in [0.1, 0.15) is 29.3 Å². The van der Waals surface area contributed by atoms with Crippen molar-refractivity contribution in [1.29, 1.82) is 0 Å². The van der Waals surface area contributed by atoms with Gasteiger partial charge in [-0.2, -0.15) is 5.48 Å². The highest BCUT2D eigenvalue weighted by molar-refractivity contribution is 9.11. The van der Waals surface area contributed by atoms with Crippen molar-refractivity contribution >= 4 is 27.3 Å². The van der Waals surface area contributed by atoms with Crippen molar-refractivity contribution < 1.29 is 5.21 Å². The molecule has 0 aromatic carbocycles. The molecule has 0 amide bonds. The fraction of sp³-hybridized carbons (Fsp3) is 0.500. The molecule has 0 bridgehead atoms. The van der Waals surface area contributed by atoms with E-state index in [1.807, 2.05) is 0 Å². The summed E-state index contributed by atoms with van der Waals surface area (Å²) in [6.07, 6.45) is 3.36. The second-order valence-electron chi connectivity index (χ2n) is 3.00. The van der Waals surface area contributed by atoms with Gasteiger partial charge in [0.05, 0.1) is 9.83 Å². The van der Waals surface area contributed by atoms with Crippen molar-refractivity contribution in [3.8, 4) is 0 Å². The highest BCUT2D eigenvalue weighted by atomic mass is 79.9. The summed E-state index contributed by atoms with van der Waals surface area (Å²) < 4.78 is 1.16. The van der Waals surface area contributed by atoms with E-state index in [0.29, 0.717) is 0 Å². The molecule has 2 nitrogen and oxygen atoms in total. The van der Waals surface area contributed by atoms with Crippen LogP contribution in [0, 0.1) is 0 Å². The van der Waals surface area contributed by atoms with E-state index in [1.165, 1.54) is 10.4 Å². The van der Waals surface area contributed by atoms with Crippen LogP contribution in [0.5, 0.6) is 0 Å². The maximum absolute atomic E-state index is 8.89. The Morgan fingerprint density at radius 2 is 2.50 bits per heavy atom. The average Bonchev–Trinajstić information content (AvgIpc) is 2.44. The van der Waals surface area contributed by atoms with E-state index in [0.717, 1.165) is 23.0 Å². The molecule has 0 fully saturated rings. The minimum absolute atomic E-state index is 0.149. The van der Waals surface area contributed by atoms with Crippen molar-refractivity contribution in [1.82, 2.24) is 5.48 Å². The van der Waals surface area contributed by atoms with Crippen molar-refractivity contribution in [3.63, 3.8) is 0 Å². The first-order chi connectivity index (χ1) is 5.81. The number of fused-ring (bicyclic) bond motifs is 1. The first-order valence-corrected chi connectivity index (χ1v) is 5.60. The lowest BCUT2D eigenvalue weighted by Crippen LogP contribution is -2.20. The molecule has 0 aliphatic heterocycles. The second kappa shape index (κ2) is 3.46. The van der Waals surface area contributed by atoms with E-state index in [9.17, 15) is 0 Å². The van der Waals surface area contributed by atoms with Crippen LogP contribution >= 0.6 is 27.3 Å². The number of hydrogen-bond acceptors (Lipinski definition) is 3. The van der Waals surface area contributed by atoms with Crippen molar-refractivity contribution in [2.45, 2.75) is 25.3 Å². The number of aryl methyl sites for hydroxylation is 1. The van der Waals surface area contributed by atoms with Crippen LogP contribution in [0.2, 0.25) is 0 Å². The molecule has 0 radical (unpaired) electrons. The first-order valence-electron chi connectivity index (χ1n) is 3.99.